The fourth-order valence-corrected chi connectivity index (χ4v) is 4.07. The van der Waals surface area contributed by atoms with Crippen molar-refractivity contribution in [2.75, 3.05) is 4.90 Å². The summed E-state index contributed by atoms with van der Waals surface area (Å²) in [6, 6.07) is 14.9. The molecule has 1 aliphatic heterocycles. The highest BCUT2D eigenvalue weighted by molar-refractivity contribution is 8.19. The molecule has 0 unspecified atom stereocenters. The molecule has 1 aliphatic rings. The second-order valence-corrected chi connectivity index (χ2v) is 7.21. The van der Waals surface area contributed by atoms with E-state index in [-0.39, 0.29) is 11.1 Å². The number of carbonyl (C=O) groups is 2. The third-order valence-corrected chi connectivity index (χ3v) is 5.36. The van der Waals surface area contributed by atoms with E-state index < -0.39 is 0 Å². The minimum Gasteiger partial charge on any atom is -0.318 e. The molecule has 3 heterocycles. The molecule has 1 aromatic carbocycles. The van der Waals surface area contributed by atoms with Gasteiger partial charge in [0, 0.05) is 29.5 Å². The number of aromatic nitrogens is 2. The van der Waals surface area contributed by atoms with Crippen molar-refractivity contribution in [3.63, 3.8) is 0 Å². The number of anilines is 1. The largest absolute Gasteiger partial charge is 0.318 e. The lowest BCUT2D eigenvalue weighted by atomic mass is 10.2. The van der Waals surface area contributed by atoms with Crippen LogP contribution < -0.4 is 4.90 Å². The first-order chi connectivity index (χ1) is 13.1. The molecule has 2 amide bonds. The summed E-state index contributed by atoms with van der Waals surface area (Å²) in [5.74, 6) is -0.287. The van der Waals surface area contributed by atoms with E-state index in [4.69, 9.17) is 0 Å². The molecule has 2 aromatic heterocycles. The molecule has 1 saturated heterocycles. The van der Waals surface area contributed by atoms with Crippen LogP contribution in [-0.4, -0.2) is 20.7 Å². The fourth-order valence-electron chi connectivity index (χ4n) is 3.23. The van der Waals surface area contributed by atoms with Gasteiger partial charge in [-0.15, -0.1) is 0 Å². The Balaban J connectivity index is 1.71. The lowest BCUT2D eigenvalue weighted by Gasteiger charge is -2.11. The molecule has 0 aliphatic carbocycles. The molecule has 134 valence electrons. The van der Waals surface area contributed by atoms with Gasteiger partial charge in [-0.2, -0.15) is 0 Å². The number of hydrogen-bond acceptors (Lipinski definition) is 4. The van der Waals surface area contributed by atoms with Crippen molar-refractivity contribution in [2.24, 2.45) is 0 Å². The zero-order chi connectivity index (χ0) is 19.0. The smallest absolute Gasteiger partial charge is 0.298 e. The van der Waals surface area contributed by atoms with Crippen molar-refractivity contribution in [3.8, 4) is 5.69 Å². The summed E-state index contributed by atoms with van der Waals surface area (Å²) in [5, 5.41) is -0.277. The lowest BCUT2D eigenvalue weighted by molar-refractivity contribution is -0.113. The molecule has 4 rings (SSSR count). The highest BCUT2D eigenvalue weighted by Gasteiger charge is 2.36. The topological polar surface area (TPSA) is 55.2 Å². The van der Waals surface area contributed by atoms with E-state index in [0.717, 1.165) is 34.4 Å². The summed E-state index contributed by atoms with van der Waals surface area (Å²) in [6.45, 7) is 4.02. The number of thioether (sulfide) groups is 1. The van der Waals surface area contributed by atoms with Crippen LogP contribution in [0.1, 0.15) is 17.0 Å². The Hall–Kier alpha value is -3.12. The number of pyridine rings is 1. The predicted molar refractivity (Wildman–Crippen MR) is 108 cm³/mol. The highest BCUT2D eigenvalue weighted by Crippen LogP contribution is 2.36. The molecule has 0 spiro atoms. The van der Waals surface area contributed by atoms with Crippen LogP contribution in [-0.2, 0) is 4.79 Å². The van der Waals surface area contributed by atoms with E-state index in [1.54, 1.807) is 30.6 Å². The van der Waals surface area contributed by atoms with Crippen LogP contribution in [0.5, 0.6) is 0 Å². The zero-order valence-electron chi connectivity index (χ0n) is 14.9. The predicted octanol–water partition coefficient (Wildman–Crippen LogP) is 4.73. The van der Waals surface area contributed by atoms with Gasteiger partial charge in [-0.3, -0.25) is 14.6 Å². The second kappa shape index (κ2) is 6.89. The molecule has 0 N–H and O–H groups in total. The van der Waals surface area contributed by atoms with E-state index >= 15 is 0 Å². The Morgan fingerprint density at radius 1 is 0.963 bits per heavy atom. The number of carbonyl (C=O) groups excluding carboxylic acids is 2. The minimum absolute atomic E-state index is 0.277. The van der Waals surface area contributed by atoms with Crippen LogP contribution in [0.4, 0.5) is 10.5 Å². The molecular formula is C21H17N3O2S. The van der Waals surface area contributed by atoms with Gasteiger partial charge in [0.25, 0.3) is 11.1 Å². The lowest BCUT2D eigenvalue weighted by Crippen LogP contribution is -2.27. The molecule has 0 bridgehead atoms. The van der Waals surface area contributed by atoms with Gasteiger partial charge in [0.15, 0.2) is 0 Å². The Morgan fingerprint density at radius 2 is 1.67 bits per heavy atom. The van der Waals surface area contributed by atoms with E-state index in [9.17, 15) is 9.59 Å². The Labute approximate surface area is 161 Å². The molecule has 0 radical (unpaired) electrons. The summed E-state index contributed by atoms with van der Waals surface area (Å²) in [6.07, 6.45) is 5.30. The van der Waals surface area contributed by atoms with Crippen molar-refractivity contribution < 1.29 is 9.59 Å². The van der Waals surface area contributed by atoms with E-state index in [2.05, 4.69) is 9.55 Å². The van der Waals surface area contributed by atoms with Gasteiger partial charge >= 0.3 is 0 Å². The third kappa shape index (κ3) is 3.08. The summed E-state index contributed by atoms with van der Waals surface area (Å²) >= 11 is 0.970. The Morgan fingerprint density at radius 3 is 2.37 bits per heavy atom. The maximum atomic E-state index is 12.8. The zero-order valence-corrected chi connectivity index (χ0v) is 15.7. The quantitative estimate of drug-likeness (QED) is 0.621. The van der Waals surface area contributed by atoms with Crippen LogP contribution in [0, 0.1) is 13.8 Å². The molecule has 0 saturated carbocycles. The molecule has 6 heteroatoms. The SMILES string of the molecule is Cc1cc(/C=C2/SC(=O)N(c3ccccc3)C2=O)c(C)n1-c1ccncc1. The number of rotatable bonds is 3. The molecule has 27 heavy (non-hydrogen) atoms. The van der Waals surface area contributed by atoms with Crippen LogP contribution in [0.3, 0.4) is 0 Å². The van der Waals surface area contributed by atoms with Crippen molar-refractivity contribution in [1.29, 1.82) is 0 Å². The van der Waals surface area contributed by atoms with Crippen LogP contribution >= 0.6 is 11.8 Å². The third-order valence-electron chi connectivity index (χ3n) is 4.49. The summed E-state index contributed by atoms with van der Waals surface area (Å²) in [4.78, 5) is 30.9. The van der Waals surface area contributed by atoms with Crippen LogP contribution in [0.15, 0.2) is 65.8 Å². The summed E-state index contributed by atoms with van der Waals surface area (Å²) in [7, 11) is 0. The van der Waals surface area contributed by atoms with E-state index in [1.807, 2.05) is 50.2 Å². The average Bonchev–Trinajstić information content (AvgIpc) is 3.11. The highest BCUT2D eigenvalue weighted by atomic mass is 32.2. The summed E-state index contributed by atoms with van der Waals surface area (Å²) in [5.41, 5.74) is 4.57. The van der Waals surface area contributed by atoms with Gasteiger partial charge in [-0.05, 0) is 67.6 Å². The van der Waals surface area contributed by atoms with E-state index in [0.29, 0.717) is 10.6 Å². The molecular weight excluding hydrogens is 358 g/mol. The number of nitrogens with zero attached hydrogens (tertiary/aromatic N) is 3. The van der Waals surface area contributed by atoms with Crippen molar-refractivity contribution >= 4 is 34.7 Å². The number of amides is 2. The van der Waals surface area contributed by atoms with Gasteiger partial charge in [0.05, 0.1) is 10.6 Å². The number of imide groups is 1. The number of para-hydroxylation sites is 1. The van der Waals surface area contributed by atoms with Gasteiger partial charge in [-0.25, -0.2) is 4.90 Å². The van der Waals surface area contributed by atoms with Gasteiger partial charge in [0.2, 0.25) is 0 Å². The Kier molecular flexibility index (Phi) is 4.41. The molecule has 1 fully saturated rings. The molecule has 0 atom stereocenters. The maximum absolute atomic E-state index is 12.8. The fraction of sp³-hybridized carbons (Fsp3) is 0.0952. The Bertz CT molecular complexity index is 1060. The first-order valence-electron chi connectivity index (χ1n) is 8.48. The van der Waals surface area contributed by atoms with Crippen molar-refractivity contribution in [3.05, 3.63) is 82.8 Å². The number of aryl methyl sites for hydroxylation is 1. The maximum Gasteiger partial charge on any atom is 0.298 e. The van der Waals surface area contributed by atoms with Gasteiger partial charge < -0.3 is 4.57 Å². The van der Waals surface area contributed by atoms with Crippen LogP contribution in [0.25, 0.3) is 11.8 Å². The average molecular weight is 375 g/mol. The first-order valence-corrected chi connectivity index (χ1v) is 9.30. The minimum atomic E-state index is -0.287. The number of benzene rings is 1. The second-order valence-electron chi connectivity index (χ2n) is 6.22. The van der Waals surface area contributed by atoms with Crippen LogP contribution in [0.2, 0.25) is 0 Å². The van der Waals surface area contributed by atoms with Gasteiger partial charge in [0.1, 0.15) is 0 Å². The van der Waals surface area contributed by atoms with Crippen molar-refractivity contribution in [1.82, 2.24) is 9.55 Å². The van der Waals surface area contributed by atoms with Gasteiger partial charge in [-0.1, -0.05) is 18.2 Å². The normalized spacial score (nSPS) is 15.8. The van der Waals surface area contributed by atoms with Crippen molar-refractivity contribution in [2.45, 2.75) is 13.8 Å². The van der Waals surface area contributed by atoms with E-state index in [1.165, 1.54) is 4.90 Å². The standard InChI is InChI=1S/C21H17N3O2S/c1-14-12-16(15(2)23(14)18-8-10-22-11-9-18)13-19-20(25)24(21(26)27-19)17-6-4-3-5-7-17/h3-13H,1-2H3/b19-13+. The molecule has 3 aromatic rings. The number of hydrogen-bond donors (Lipinski definition) is 0. The molecule has 5 nitrogen and oxygen atoms in total. The first kappa shape index (κ1) is 17.3. The monoisotopic (exact) mass is 375 g/mol. The summed E-state index contributed by atoms with van der Waals surface area (Å²) < 4.78 is 2.11.